The van der Waals surface area contributed by atoms with Crippen LogP contribution in [0.2, 0.25) is 0 Å². The zero-order chi connectivity index (χ0) is 9.52. The molecule has 4 nitrogen and oxygen atoms in total. The lowest BCUT2D eigenvalue weighted by Crippen LogP contribution is -2.38. The van der Waals surface area contributed by atoms with Crippen molar-refractivity contribution in [2.24, 2.45) is 0 Å². The SMILES string of the molecule is COCCONC1CCOC(C)C1. The lowest BCUT2D eigenvalue weighted by atomic mass is 10.1. The molecule has 0 amide bonds. The zero-order valence-electron chi connectivity index (χ0n) is 8.41. The van der Waals surface area contributed by atoms with Gasteiger partial charge >= 0.3 is 0 Å². The second-order valence-electron chi connectivity index (χ2n) is 3.36. The molecule has 0 bridgehead atoms. The van der Waals surface area contributed by atoms with Gasteiger partial charge in [-0.05, 0) is 19.8 Å². The van der Waals surface area contributed by atoms with Crippen LogP contribution in [0.25, 0.3) is 0 Å². The topological polar surface area (TPSA) is 39.7 Å². The molecule has 1 aliphatic rings. The molecule has 1 rings (SSSR count). The van der Waals surface area contributed by atoms with Gasteiger partial charge < -0.3 is 9.47 Å². The van der Waals surface area contributed by atoms with Crippen LogP contribution in [0.15, 0.2) is 0 Å². The number of nitrogens with one attached hydrogen (secondary N) is 1. The van der Waals surface area contributed by atoms with E-state index in [4.69, 9.17) is 14.3 Å². The summed E-state index contributed by atoms with van der Waals surface area (Å²) in [7, 11) is 1.67. The summed E-state index contributed by atoms with van der Waals surface area (Å²) in [6.45, 7) is 4.14. The predicted octanol–water partition coefficient (Wildman–Crippen LogP) is 0.721. The fourth-order valence-electron chi connectivity index (χ4n) is 1.41. The number of hydrogen-bond donors (Lipinski definition) is 1. The van der Waals surface area contributed by atoms with E-state index in [-0.39, 0.29) is 0 Å². The Hall–Kier alpha value is -0.160. The van der Waals surface area contributed by atoms with Crippen molar-refractivity contribution in [3.05, 3.63) is 0 Å². The van der Waals surface area contributed by atoms with Crippen LogP contribution in [-0.4, -0.2) is 39.1 Å². The first-order chi connectivity index (χ1) is 6.33. The third-order valence-electron chi connectivity index (χ3n) is 2.12. The molecule has 0 radical (unpaired) electrons. The Kier molecular flexibility index (Phi) is 5.31. The molecule has 0 aromatic heterocycles. The molecular weight excluding hydrogens is 170 g/mol. The largest absolute Gasteiger partial charge is 0.382 e. The van der Waals surface area contributed by atoms with E-state index in [1.165, 1.54) is 0 Å². The first-order valence-electron chi connectivity index (χ1n) is 4.80. The first-order valence-corrected chi connectivity index (χ1v) is 4.80. The summed E-state index contributed by atoms with van der Waals surface area (Å²) < 4.78 is 10.3. The third-order valence-corrected chi connectivity index (χ3v) is 2.12. The summed E-state index contributed by atoms with van der Waals surface area (Å²) in [6.07, 6.45) is 2.39. The average molecular weight is 189 g/mol. The lowest BCUT2D eigenvalue weighted by molar-refractivity contribution is -0.0563. The molecule has 0 aliphatic carbocycles. The molecule has 78 valence electrons. The van der Waals surface area contributed by atoms with Gasteiger partial charge in [-0.1, -0.05) is 0 Å². The number of hydrogen-bond acceptors (Lipinski definition) is 4. The standard InChI is InChI=1S/C9H19NO3/c1-8-7-9(3-4-12-8)10-13-6-5-11-2/h8-10H,3-7H2,1-2H3. The molecule has 1 aliphatic heterocycles. The van der Waals surface area contributed by atoms with Gasteiger partial charge in [0.05, 0.1) is 19.3 Å². The number of methoxy groups -OCH3 is 1. The second kappa shape index (κ2) is 6.32. The van der Waals surface area contributed by atoms with E-state index in [9.17, 15) is 0 Å². The van der Waals surface area contributed by atoms with Gasteiger partial charge in [0.1, 0.15) is 0 Å². The Balaban J connectivity index is 2.00. The van der Waals surface area contributed by atoms with Crippen LogP contribution < -0.4 is 5.48 Å². The molecule has 13 heavy (non-hydrogen) atoms. The average Bonchev–Trinajstić information content (AvgIpc) is 2.13. The Labute approximate surface area is 79.5 Å². The van der Waals surface area contributed by atoms with Crippen LogP contribution in [0.1, 0.15) is 19.8 Å². The molecule has 1 fully saturated rings. The number of rotatable bonds is 5. The van der Waals surface area contributed by atoms with Gasteiger partial charge in [-0.25, -0.2) is 0 Å². The highest BCUT2D eigenvalue weighted by Gasteiger charge is 2.18. The summed E-state index contributed by atoms with van der Waals surface area (Å²) in [5, 5.41) is 0. The van der Waals surface area contributed by atoms with Crippen molar-refractivity contribution in [3.63, 3.8) is 0 Å². The molecule has 0 aromatic carbocycles. The van der Waals surface area contributed by atoms with E-state index < -0.39 is 0 Å². The summed E-state index contributed by atoms with van der Waals surface area (Å²) in [6, 6.07) is 0.431. The van der Waals surface area contributed by atoms with Gasteiger partial charge in [0.2, 0.25) is 0 Å². The third kappa shape index (κ3) is 4.57. The van der Waals surface area contributed by atoms with Crippen LogP contribution in [-0.2, 0) is 14.3 Å². The van der Waals surface area contributed by atoms with Crippen molar-refractivity contribution in [2.75, 3.05) is 26.9 Å². The lowest BCUT2D eigenvalue weighted by Gasteiger charge is -2.27. The minimum absolute atomic E-state index is 0.345. The van der Waals surface area contributed by atoms with E-state index in [0.717, 1.165) is 19.4 Å². The molecule has 0 saturated carbocycles. The molecule has 1 saturated heterocycles. The number of ether oxygens (including phenoxy) is 2. The minimum atomic E-state index is 0.345. The maximum absolute atomic E-state index is 5.42. The smallest absolute Gasteiger partial charge is 0.0915 e. The molecule has 4 heteroatoms. The van der Waals surface area contributed by atoms with E-state index in [1.54, 1.807) is 7.11 Å². The molecule has 0 aromatic rings. The van der Waals surface area contributed by atoms with Gasteiger partial charge in [-0.2, -0.15) is 5.48 Å². The normalized spacial score (nSPS) is 29.1. The summed E-state index contributed by atoms with van der Waals surface area (Å²) >= 11 is 0. The van der Waals surface area contributed by atoms with Crippen molar-refractivity contribution in [3.8, 4) is 0 Å². The fourth-order valence-corrected chi connectivity index (χ4v) is 1.41. The van der Waals surface area contributed by atoms with E-state index in [1.807, 2.05) is 0 Å². The maximum Gasteiger partial charge on any atom is 0.0915 e. The van der Waals surface area contributed by atoms with Crippen LogP contribution >= 0.6 is 0 Å². The Morgan fingerprint density at radius 1 is 1.46 bits per heavy atom. The second-order valence-corrected chi connectivity index (χ2v) is 3.36. The number of hydroxylamine groups is 1. The Bertz CT molecular complexity index is 132. The van der Waals surface area contributed by atoms with Gasteiger partial charge in [0.25, 0.3) is 0 Å². The Morgan fingerprint density at radius 3 is 3.00 bits per heavy atom. The highest BCUT2D eigenvalue weighted by Crippen LogP contribution is 2.12. The van der Waals surface area contributed by atoms with Crippen LogP contribution in [0, 0.1) is 0 Å². The summed E-state index contributed by atoms with van der Waals surface area (Å²) in [4.78, 5) is 5.23. The van der Waals surface area contributed by atoms with Crippen molar-refractivity contribution < 1.29 is 14.3 Å². The Morgan fingerprint density at radius 2 is 2.31 bits per heavy atom. The van der Waals surface area contributed by atoms with Crippen LogP contribution in [0.4, 0.5) is 0 Å². The summed E-state index contributed by atoms with van der Waals surface area (Å²) in [5.74, 6) is 0. The van der Waals surface area contributed by atoms with Gasteiger partial charge in [-0.15, -0.1) is 0 Å². The molecule has 2 atom stereocenters. The van der Waals surface area contributed by atoms with E-state index >= 15 is 0 Å². The van der Waals surface area contributed by atoms with E-state index in [2.05, 4.69) is 12.4 Å². The molecule has 2 unspecified atom stereocenters. The highest BCUT2D eigenvalue weighted by molar-refractivity contribution is 4.71. The molecular formula is C9H19NO3. The van der Waals surface area contributed by atoms with E-state index in [0.29, 0.717) is 25.4 Å². The van der Waals surface area contributed by atoms with Gasteiger partial charge in [0.15, 0.2) is 0 Å². The van der Waals surface area contributed by atoms with Gasteiger partial charge in [0, 0.05) is 19.8 Å². The molecule has 1 N–H and O–H groups in total. The fraction of sp³-hybridized carbons (Fsp3) is 1.00. The van der Waals surface area contributed by atoms with Crippen molar-refractivity contribution in [1.29, 1.82) is 0 Å². The zero-order valence-corrected chi connectivity index (χ0v) is 8.41. The van der Waals surface area contributed by atoms with Crippen molar-refractivity contribution >= 4 is 0 Å². The quantitative estimate of drug-likeness (QED) is 0.511. The monoisotopic (exact) mass is 189 g/mol. The highest BCUT2D eigenvalue weighted by atomic mass is 16.7. The minimum Gasteiger partial charge on any atom is -0.382 e. The van der Waals surface area contributed by atoms with Crippen molar-refractivity contribution in [1.82, 2.24) is 5.48 Å². The molecule has 1 heterocycles. The molecule has 0 spiro atoms. The maximum atomic E-state index is 5.42. The van der Waals surface area contributed by atoms with Crippen molar-refractivity contribution in [2.45, 2.75) is 31.9 Å². The first kappa shape index (κ1) is 10.9. The summed E-state index contributed by atoms with van der Waals surface area (Å²) in [5.41, 5.74) is 3.03. The predicted molar refractivity (Wildman–Crippen MR) is 49.4 cm³/mol. The van der Waals surface area contributed by atoms with Gasteiger partial charge in [-0.3, -0.25) is 4.84 Å². The van der Waals surface area contributed by atoms with Crippen LogP contribution in [0.5, 0.6) is 0 Å². The van der Waals surface area contributed by atoms with Crippen LogP contribution in [0.3, 0.4) is 0 Å².